The molecule has 1 aliphatic rings. The Hall–Kier alpha value is -4.06. The smallest absolute Gasteiger partial charge is 0.319 e. The average Bonchev–Trinajstić information content (AvgIpc) is 3.46. The molecular weight excluding hydrogens is 399 g/mol. The molecule has 1 aliphatic carbocycles. The molecule has 0 N–H and O–H groups in total. The zero-order valence-electron chi connectivity index (χ0n) is 16.8. The van der Waals surface area contributed by atoms with E-state index in [1.54, 1.807) is 35.2 Å². The highest BCUT2D eigenvalue weighted by atomic mass is 19.1. The van der Waals surface area contributed by atoms with E-state index < -0.39 is 5.82 Å². The molecule has 0 radical (unpaired) electrons. The zero-order valence-corrected chi connectivity index (χ0v) is 16.8. The van der Waals surface area contributed by atoms with Gasteiger partial charge in [-0.1, -0.05) is 6.07 Å². The quantitative estimate of drug-likeness (QED) is 0.491. The Morgan fingerprint density at radius 2 is 2.03 bits per heavy atom. The summed E-state index contributed by atoms with van der Waals surface area (Å²) in [4.78, 5) is 12.9. The lowest BCUT2D eigenvalue weighted by molar-refractivity contribution is 0.353. The fraction of sp³-hybridized carbons (Fsp3) is 0.227. The molecule has 31 heavy (non-hydrogen) atoms. The van der Waals surface area contributed by atoms with Crippen LogP contribution in [0.25, 0.3) is 16.9 Å². The number of benzene rings is 1. The van der Waals surface area contributed by atoms with Gasteiger partial charge in [0.1, 0.15) is 11.9 Å². The molecule has 1 aromatic carbocycles. The lowest BCUT2D eigenvalue weighted by atomic mass is 10.0. The molecule has 1 saturated carbocycles. The molecular formula is C22H17FN6O2. The molecule has 3 heterocycles. The van der Waals surface area contributed by atoms with Crippen molar-refractivity contribution in [1.82, 2.24) is 24.6 Å². The Labute approximate surface area is 176 Å². The van der Waals surface area contributed by atoms with Gasteiger partial charge in [0.2, 0.25) is 5.88 Å². The number of halogens is 1. The summed E-state index contributed by atoms with van der Waals surface area (Å²) in [6, 6.07) is 8.81. The zero-order chi connectivity index (χ0) is 21.5. The second-order valence-corrected chi connectivity index (χ2v) is 7.26. The summed E-state index contributed by atoms with van der Waals surface area (Å²) in [6.45, 7) is 0. The molecule has 4 aromatic rings. The van der Waals surface area contributed by atoms with E-state index in [9.17, 15) is 4.39 Å². The minimum atomic E-state index is -0.503. The predicted octanol–water partition coefficient (Wildman–Crippen LogP) is 3.49. The maximum atomic E-state index is 13.7. The highest BCUT2D eigenvalue weighted by Gasteiger charge is 2.41. The van der Waals surface area contributed by atoms with Gasteiger partial charge in [0, 0.05) is 24.2 Å². The first-order valence-electron chi connectivity index (χ1n) is 9.62. The van der Waals surface area contributed by atoms with Gasteiger partial charge in [-0.2, -0.15) is 15.3 Å². The van der Waals surface area contributed by atoms with Gasteiger partial charge in [0.15, 0.2) is 5.65 Å². The Bertz CT molecular complexity index is 1350. The molecule has 9 heteroatoms. The van der Waals surface area contributed by atoms with Gasteiger partial charge in [-0.25, -0.2) is 18.9 Å². The molecule has 2 atom stereocenters. The first-order chi connectivity index (χ1) is 15.1. The van der Waals surface area contributed by atoms with Crippen molar-refractivity contribution in [2.75, 3.05) is 14.2 Å². The number of hydrogen-bond donors (Lipinski definition) is 0. The van der Waals surface area contributed by atoms with Crippen molar-refractivity contribution in [2.24, 2.45) is 0 Å². The molecule has 0 bridgehead atoms. The molecule has 8 nitrogen and oxygen atoms in total. The summed E-state index contributed by atoms with van der Waals surface area (Å²) in [7, 11) is 3.02. The molecule has 0 amide bonds. The Balaban J connectivity index is 1.57. The first-order valence-corrected chi connectivity index (χ1v) is 9.62. The maximum absolute atomic E-state index is 13.7. The van der Waals surface area contributed by atoms with Gasteiger partial charge in [-0.05, 0) is 42.0 Å². The van der Waals surface area contributed by atoms with Crippen molar-refractivity contribution in [1.29, 1.82) is 5.26 Å². The second-order valence-electron chi connectivity index (χ2n) is 7.26. The minimum Gasteiger partial charge on any atom is -0.480 e. The Morgan fingerprint density at radius 3 is 2.81 bits per heavy atom. The molecule has 3 aromatic heterocycles. The van der Waals surface area contributed by atoms with Gasteiger partial charge in [-0.3, -0.25) is 0 Å². The van der Waals surface area contributed by atoms with Crippen LogP contribution in [0.5, 0.6) is 11.9 Å². The SMILES string of the molecule is COc1ncc(-c2cc([C@H]3C[C@@H]3c3ccc(F)c(C#N)c3)c3nccn3n2)c(OC)n1. The van der Waals surface area contributed by atoms with E-state index in [1.165, 1.54) is 20.3 Å². The molecule has 0 saturated heterocycles. The van der Waals surface area contributed by atoms with E-state index in [2.05, 4.69) is 20.1 Å². The van der Waals surface area contributed by atoms with Crippen LogP contribution < -0.4 is 9.47 Å². The number of methoxy groups -OCH3 is 2. The molecule has 0 spiro atoms. The third kappa shape index (κ3) is 3.22. The lowest BCUT2D eigenvalue weighted by Crippen LogP contribution is -2.02. The topological polar surface area (TPSA) is 98.2 Å². The van der Waals surface area contributed by atoms with E-state index in [-0.39, 0.29) is 23.4 Å². The summed E-state index contributed by atoms with van der Waals surface area (Å²) in [6.07, 6.45) is 5.96. The number of rotatable bonds is 5. The maximum Gasteiger partial charge on any atom is 0.319 e. The van der Waals surface area contributed by atoms with Crippen LogP contribution in [0.15, 0.2) is 42.9 Å². The van der Waals surface area contributed by atoms with Crippen LogP contribution in [0.2, 0.25) is 0 Å². The van der Waals surface area contributed by atoms with E-state index in [1.807, 2.05) is 12.1 Å². The van der Waals surface area contributed by atoms with Crippen LogP contribution >= 0.6 is 0 Å². The minimum absolute atomic E-state index is 0.0599. The van der Waals surface area contributed by atoms with Gasteiger partial charge in [0.25, 0.3) is 0 Å². The summed E-state index contributed by atoms with van der Waals surface area (Å²) >= 11 is 0. The highest BCUT2D eigenvalue weighted by Crippen LogP contribution is 2.56. The van der Waals surface area contributed by atoms with Crippen LogP contribution in [0.1, 0.15) is 34.9 Å². The van der Waals surface area contributed by atoms with Gasteiger partial charge >= 0.3 is 6.01 Å². The van der Waals surface area contributed by atoms with Crippen molar-refractivity contribution in [2.45, 2.75) is 18.3 Å². The first kappa shape index (κ1) is 18.9. The number of nitriles is 1. The number of nitrogens with zero attached hydrogens (tertiary/aromatic N) is 6. The Morgan fingerprint density at radius 1 is 1.16 bits per heavy atom. The molecule has 0 unspecified atom stereocenters. The summed E-state index contributed by atoms with van der Waals surface area (Å²) in [5, 5.41) is 13.8. The van der Waals surface area contributed by atoms with Crippen LogP contribution in [0, 0.1) is 17.1 Å². The summed E-state index contributed by atoms with van der Waals surface area (Å²) in [5.74, 6) is 0.206. The standard InChI is InChI=1S/C22H17FN6O2/c1-30-21-17(11-26-22(27-21)31-2)19-9-16(20-25-5-6-29(20)28-19)15-8-14(15)12-3-4-18(23)13(7-12)10-24/h3-7,9,11,14-15H,8H2,1-2H3/t14-,15+/m1/s1. The van der Waals surface area contributed by atoms with E-state index >= 15 is 0 Å². The summed E-state index contributed by atoms with van der Waals surface area (Å²) < 4.78 is 25.9. The van der Waals surface area contributed by atoms with Crippen molar-refractivity contribution >= 4 is 5.65 Å². The molecule has 5 rings (SSSR count). The van der Waals surface area contributed by atoms with Crippen LogP contribution in [0.4, 0.5) is 4.39 Å². The summed E-state index contributed by atoms with van der Waals surface area (Å²) in [5.41, 5.74) is 4.04. The van der Waals surface area contributed by atoms with Crippen molar-refractivity contribution in [3.8, 4) is 29.2 Å². The highest BCUT2D eigenvalue weighted by molar-refractivity contribution is 5.68. The molecule has 154 valence electrons. The van der Waals surface area contributed by atoms with E-state index in [0.717, 1.165) is 23.2 Å². The third-order valence-corrected chi connectivity index (χ3v) is 5.50. The van der Waals surface area contributed by atoms with E-state index in [4.69, 9.17) is 14.7 Å². The number of ether oxygens (including phenoxy) is 2. The number of aromatic nitrogens is 5. The monoisotopic (exact) mass is 416 g/mol. The Kier molecular flexibility index (Phi) is 4.47. The number of fused-ring (bicyclic) bond motifs is 1. The van der Waals surface area contributed by atoms with Gasteiger partial charge < -0.3 is 9.47 Å². The molecule has 1 fully saturated rings. The second kappa shape index (κ2) is 7.32. The third-order valence-electron chi connectivity index (χ3n) is 5.50. The number of hydrogen-bond acceptors (Lipinski definition) is 7. The number of imidazole rings is 1. The van der Waals surface area contributed by atoms with Gasteiger partial charge in [0.05, 0.1) is 31.0 Å². The van der Waals surface area contributed by atoms with Crippen molar-refractivity contribution in [3.05, 3.63) is 65.4 Å². The van der Waals surface area contributed by atoms with Crippen molar-refractivity contribution in [3.63, 3.8) is 0 Å². The lowest BCUT2D eigenvalue weighted by Gasteiger charge is -2.11. The predicted molar refractivity (Wildman–Crippen MR) is 108 cm³/mol. The largest absolute Gasteiger partial charge is 0.480 e. The molecule has 0 aliphatic heterocycles. The van der Waals surface area contributed by atoms with Gasteiger partial charge in [-0.15, -0.1) is 0 Å². The fourth-order valence-corrected chi connectivity index (χ4v) is 3.89. The average molecular weight is 416 g/mol. The van der Waals surface area contributed by atoms with E-state index in [0.29, 0.717) is 17.1 Å². The van der Waals surface area contributed by atoms with Crippen molar-refractivity contribution < 1.29 is 13.9 Å². The fourth-order valence-electron chi connectivity index (χ4n) is 3.89. The van der Waals surface area contributed by atoms with Crippen LogP contribution in [0.3, 0.4) is 0 Å². The van der Waals surface area contributed by atoms with Crippen LogP contribution in [-0.4, -0.2) is 38.8 Å². The van der Waals surface area contributed by atoms with Crippen LogP contribution in [-0.2, 0) is 0 Å². The normalized spacial score (nSPS) is 17.4.